The van der Waals surface area contributed by atoms with Crippen LogP contribution >= 0.6 is 15.9 Å². The number of hydrogen-bond acceptors (Lipinski definition) is 8. The van der Waals surface area contributed by atoms with E-state index in [-0.39, 0.29) is 128 Å². The molecule has 216 valence electrons. The molecule has 0 bridgehead atoms. The smallest absolute Gasteiger partial charge is 1.00 e. The van der Waals surface area contributed by atoms with Gasteiger partial charge in [0.15, 0.2) is 0 Å². The van der Waals surface area contributed by atoms with Crippen LogP contribution < -0.4 is 113 Å². The maximum atomic E-state index is 11.8. The second-order valence-corrected chi connectivity index (χ2v) is 8.29. The third-order valence-corrected chi connectivity index (χ3v) is 4.55. The number of phenols is 1. The van der Waals surface area contributed by atoms with Gasteiger partial charge in [-0.2, -0.15) is 0 Å². The number of carboxylic acids is 1. The molecule has 2 N–H and O–H groups in total. The summed E-state index contributed by atoms with van der Waals surface area (Å²) in [6, 6.07) is 9.61. The summed E-state index contributed by atoms with van der Waals surface area (Å²) in [5, 5.41) is 27.0. The largest absolute Gasteiger partial charge is 1.00 e. The van der Waals surface area contributed by atoms with Crippen LogP contribution in [0.3, 0.4) is 0 Å². The predicted molar refractivity (Wildman–Crippen MR) is 153 cm³/mol. The number of aromatic hydroxyl groups is 1. The Hall–Kier alpha value is -0.617. The third kappa shape index (κ3) is 27.9. The van der Waals surface area contributed by atoms with Gasteiger partial charge in [-0.25, -0.2) is 9.59 Å². The van der Waals surface area contributed by atoms with Crippen molar-refractivity contribution in [3.63, 3.8) is 0 Å². The fourth-order valence-electron chi connectivity index (χ4n) is 2.49. The van der Waals surface area contributed by atoms with Crippen molar-refractivity contribution in [2.45, 2.75) is 33.1 Å². The van der Waals surface area contributed by atoms with Gasteiger partial charge in [0.2, 0.25) is 0 Å². The molecule has 0 fully saturated rings. The number of rotatable bonds is 12. The summed E-state index contributed by atoms with van der Waals surface area (Å²) in [6.07, 6.45) is 7.88. The minimum Gasteiger partial charge on any atom is -1.00 e. The summed E-state index contributed by atoms with van der Waals surface area (Å²) in [5.74, 6) is -0.692. The van der Waals surface area contributed by atoms with Gasteiger partial charge in [0.05, 0.1) is 24.3 Å². The summed E-state index contributed by atoms with van der Waals surface area (Å²) >= 11 is 3.24. The van der Waals surface area contributed by atoms with Crippen LogP contribution in [-0.4, -0.2) is 47.2 Å². The molecular formula is C29H37BrK2O9. The molecule has 0 heterocycles. The zero-order valence-electron chi connectivity index (χ0n) is 25.3. The zero-order chi connectivity index (χ0) is 30.1. The molecule has 0 saturated heterocycles. The number of carboxylic acid groups (broad SMARTS) is 1. The maximum absolute atomic E-state index is 11.8. The fraction of sp³-hybridized carbons (Fsp3) is 0.276. The van der Waals surface area contributed by atoms with E-state index >= 15 is 0 Å². The van der Waals surface area contributed by atoms with Gasteiger partial charge >= 0.3 is 115 Å². The van der Waals surface area contributed by atoms with E-state index in [0.29, 0.717) is 30.9 Å². The summed E-state index contributed by atoms with van der Waals surface area (Å²) in [5.41, 5.74) is 2.33. The second-order valence-electron chi connectivity index (χ2n) is 7.49. The van der Waals surface area contributed by atoms with Crippen LogP contribution in [0, 0.1) is 13.8 Å². The van der Waals surface area contributed by atoms with Crippen molar-refractivity contribution >= 4 is 34.3 Å². The number of allylic oxidation sites excluding steroid dienone is 1. The molecule has 0 radical (unpaired) electrons. The number of esters is 1. The third-order valence-electron chi connectivity index (χ3n) is 4.09. The predicted octanol–water partition coefficient (Wildman–Crippen LogP) is -0.406. The Labute approximate surface area is 337 Å². The fourth-order valence-corrected chi connectivity index (χ4v) is 2.81. The van der Waals surface area contributed by atoms with Crippen molar-refractivity contribution in [1.82, 2.24) is 0 Å². The molecule has 0 unspecified atom stereocenters. The molecule has 0 saturated carbocycles. The minimum absolute atomic E-state index is 0. The molecule has 0 amide bonds. The van der Waals surface area contributed by atoms with Crippen molar-refractivity contribution in [2.24, 2.45) is 0 Å². The van der Waals surface area contributed by atoms with E-state index in [4.69, 9.17) is 29.7 Å². The minimum atomic E-state index is -1.02. The Bertz CT molecular complexity index is 1030. The van der Waals surface area contributed by atoms with E-state index in [1.165, 1.54) is 18.2 Å². The van der Waals surface area contributed by atoms with Crippen molar-refractivity contribution in [1.29, 1.82) is 0 Å². The quantitative estimate of drug-likeness (QED) is 0.0446. The molecule has 0 atom stereocenters. The van der Waals surface area contributed by atoms with Gasteiger partial charge in [-0.3, -0.25) is 4.79 Å². The summed E-state index contributed by atoms with van der Waals surface area (Å²) in [7, 11) is 0. The van der Waals surface area contributed by atoms with E-state index in [2.05, 4.69) is 40.6 Å². The standard InChI is InChI=1S/C16H20O3.C8H8O3.C4H7Br.CH2O3.2K.H/c1-4-6-8-18-15-11-13(3)10-14(12-15)16(17)19-9-7-5-2;1-5-2-6(8(10)11)4-7(9)3-5;1-2-3-4-5;2-1-4-3;;;/h4-5,10-12H,1-2,6-9H2,3H3;2-4,9H,1H3,(H,10,11);2H,1,3-4H2;1,3H;;;/q;;;;2*+1;-1/p-1. The number of aromatic carboxylic acids is 1. The molecule has 2 rings (SSSR count). The number of alkyl halides is 1. The van der Waals surface area contributed by atoms with E-state index in [9.17, 15) is 9.59 Å². The number of aryl methyl sites for hydroxylation is 2. The Morgan fingerprint density at radius 1 is 0.902 bits per heavy atom. The molecule has 0 aromatic heterocycles. The SMILES string of the molecule is C=CCCBr.C=CCCOC(=O)c1cc(C)cc(OCCC=C)c1.Cc1cc(O)cc(C(=O)O)c1.O=CO[O-].[H-].[K+].[K+]. The van der Waals surface area contributed by atoms with Gasteiger partial charge in [-0.05, 0) is 80.6 Å². The van der Waals surface area contributed by atoms with Crippen LogP contribution in [0.25, 0.3) is 0 Å². The van der Waals surface area contributed by atoms with Crippen LogP contribution in [-0.2, 0) is 14.4 Å². The Balaban J connectivity index is -0.000000169. The van der Waals surface area contributed by atoms with E-state index in [0.717, 1.165) is 29.3 Å². The average molecular weight is 688 g/mol. The summed E-state index contributed by atoms with van der Waals surface area (Å²) in [4.78, 5) is 33.5. The van der Waals surface area contributed by atoms with Crippen LogP contribution in [0.1, 0.15) is 52.5 Å². The molecule has 0 spiro atoms. The van der Waals surface area contributed by atoms with E-state index < -0.39 is 5.97 Å². The monoisotopic (exact) mass is 686 g/mol. The Morgan fingerprint density at radius 2 is 1.41 bits per heavy atom. The zero-order valence-corrected chi connectivity index (χ0v) is 32.1. The first kappa shape index (κ1) is 47.3. The number of carbonyl (C=O) groups excluding carboxylic acids is 2. The van der Waals surface area contributed by atoms with E-state index in [1.54, 1.807) is 31.2 Å². The molecule has 0 aliphatic rings. The summed E-state index contributed by atoms with van der Waals surface area (Å²) < 4.78 is 10.7. The molecular weight excluding hydrogens is 650 g/mol. The number of benzene rings is 2. The number of ether oxygens (including phenoxy) is 2. The molecule has 9 nitrogen and oxygen atoms in total. The van der Waals surface area contributed by atoms with Crippen molar-refractivity contribution < 1.29 is 148 Å². The van der Waals surface area contributed by atoms with Gasteiger partial charge < -0.3 is 31.3 Å². The van der Waals surface area contributed by atoms with Crippen molar-refractivity contribution in [3.8, 4) is 11.5 Å². The number of hydrogen-bond donors (Lipinski definition) is 2. The van der Waals surface area contributed by atoms with Crippen LogP contribution in [0.5, 0.6) is 11.5 Å². The Kier molecular flexibility index (Phi) is 37.3. The first-order valence-corrected chi connectivity index (χ1v) is 12.8. The first-order valence-electron chi connectivity index (χ1n) is 11.7. The van der Waals surface area contributed by atoms with Gasteiger partial charge in [0.1, 0.15) is 11.5 Å². The van der Waals surface area contributed by atoms with Gasteiger partial charge in [-0.15, -0.1) is 19.7 Å². The Morgan fingerprint density at radius 3 is 1.85 bits per heavy atom. The van der Waals surface area contributed by atoms with Crippen molar-refractivity contribution in [2.75, 3.05) is 18.5 Å². The first-order chi connectivity index (χ1) is 18.6. The molecule has 2 aromatic rings. The second kappa shape index (κ2) is 32.3. The van der Waals surface area contributed by atoms with Crippen LogP contribution in [0.4, 0.5) is 0 Å². The number of carbonyl (C=O) groups is 3. The number of halogens is 1. The molecule has 0 aliphatic heterocycles. The van der Waals surface area contributed by atoms with Gasteiger partial charge in [-0.1, -0.05) is 34.2 Å². The maximum Gasteiger partial charge on any atom is 1.00 e. The van der Waals surface area contributed by atoms with E-state index in [1.807, 2.05) is 19.1 Å². The summed E-state index contributed by atoms with van der Waals surface area (Å²) in [6.45, 7) is 15.1. The average Bonchev–Trinajstić information content (AvgIpc) is 2.89. The van der Waals surface area contributed by atoms with Crippen LogP contribution in [0.15, 0.2) is 74.4 Å². The molecule has 12 heteroatoms. The van der Waals surface area contributed by atoms with Gasteiger partial charge in [0.25, 0.3) is 6.47 Å². The molecule has 41 heavy (non-hydrogen) atoms. The molecule has 0 aliphatic carbocycles. The topological polar surface area (TPSA) is 142 Å². The normalized spacial score (nSPS) is 8.49. The number of phenolic OH excluding ortho intramolecular Hbond substituents is 1. The van der Waals surface area contributed by atoms with Crippen LogP contribution in [0.2, 0.25) is 0 Å². The van der Waals surface area contributed by atoms with Crippen molar-refractivity contribution in [3.05, 3.63) is 96.6 Å². The van der Waals surface area contributed by atoms with Gasteiger partial charge in [0, 0.05) is 5.33 Å². The molecule has 2 aromatic carbocycles.